The normalized spacial score (nSPS) is 13.8. The van der Waals surface area contributed by atoms with Gasteiger partial charge in [0, 0.05) is 5.92 Å². The first-order valence-electron chi connectivity index (χ1n) is 5.71. The highest BCUT2D eigenvalue weighted by Crippen LogP contribution is 2.14. The third-order valence-corrected chi connectivity index (χ3v) is 3.00. The standard InChI is InChI=1S/C13H18N2OS/c1-3-9(2)13(16)15-11(12(14)17)10-7-5-4-6-8-10/h4-9,11H,3H2,1-2H3,(H2,14,17)(H,15,16). The summed E-state index contributed by atoms with van der Waals surface area (Å²) >= 11 is 5.00. The second-order valence-corrected chi connectivity index (χ2v) is 4.54. The molecule has 92 valence electrons. The Morgan fingerprint density at radius 2 is 2.00 bits per heavy atom. The van der Waals surface area contributed by atoms with Crippen LogP contribution in [0.3, 0.4) is 0 Å². The molecule has 1 rings (SSSR count). The summed E-state index contributed by atoms with van der Waals surface area (Å²) in [5, 5.41) is 2.88. The summed E-state index contributed by atoms with van der Waals surface area (Å²) < 4.78 is 0. The van der Waals surface area contributed by atoms with Gasteiger partial charge >= 0.3 is 0 Å². The largest absolute Gasteiger partial charge is 0.391 e. The van der Waals surface area contributed by atoms with E-state index in [0.717, 1.165) is 12.0 Å². The Morgan fingerprint density at radius 3 is 2.47 bits per heavy atom. The molecule has 0 fully saturated rings. The molecule has 1 aromatic rings. The molecule has 0 aliphatic carbocycles. The van der Waals surface area contributed by atoms with Gasteiger partial charge in [-0.15, -0.1) is 0 Å². The number of nitrogens with one attached hydrogen (secondary N) is 1. The van der Waals surface area contributed by atoms with Crippen molar-refractivity contribution in [3.05, 3.63) is 35.9 Å². The second kappa shape index (κ2) is 6.35. The van der Waals surface area contributed by atoms with E-state index in [9.17, 15) is 4.79 Å². The van der Waals surface area contributed by atoms with Crippen LogP contribution in [0.15, 0.2) is 30.3 Å². The van der Waals surface area contributed by atoms with Crippen LogP contribution in [-0.4, -0.2) is 10.9 Å². The number of amides is 1. The molecule has 0 spiro atoms. The van der Waals surface area contributed by atoms with E-state index in [4.69, 9.17) is 18.0 Å². The summed E-state index contributed by atoms with van der Waals surface area (Å²) in [5.74, 6) is -0.0512. The van der Waals surface area contributed by atoms with Crippen LogP contribution in [-0.2, 0) is 4.79 Å². The maximum atomic E-state index is 11.8. The van der Waals surface area contributed by atoms with E-state index in [0.29, 0.717) is 0 Å². The van der Waals surface area contributed by atoms with Crippen molar-refractivity contribution in [3.8, 4) is 0 Å². The van der Waals surface area contributed by atoms with Gasteiger partial charge in [0.15, 0.2) is 0 Å². The molecule has 3 nitrogen and oxygen atoms in total. The monoisotopic (exact) mass is 250 g/mol. The molecule has 4 heteroatoms. The van der Waals surface area contributed by atoms with Crippen molar-refractivity contribution >= 4 is 23.1 Å². The SMILES string of the molecule is CCC(C)C(=O)NC(C(N)=S)c1ccccc1. The lowest BCUT2D eigenvalue weighted by atomic mass is 10.0. The number of carbonyl (C=O) groups excluding carboxylic acids is 1. The molecule has 0 aliphatic heterocycles. The van der Waals surface area contributed by atoms with Crippen molar-refractivity contribution in [1.29, 1.82) is 0 Å². The lowest BCUT2D eigenvalue weighted by Gasteiger charge is -2.20. The highest BCUT2D eigenvalue weighted by Gasteiger charge is 2.19. The van der Waals surface area contributed by atoms with Crippen molar-refractivity contribution < 1.29 is 4.79 Å². The zero-order valence-corrected chi connectivity index (χ0v) is 11.0. The molecule has 0 aromatic heterocycles. The Balaban J connectivity index is 2.82. The van der Waals surface area contributed by atoms with Crippen LogP contribution in [0.25, 0.3) is 0 Å². The van der Waals surface area contributed by atoms with E-state index in [1.54, 1.807) is 0 Å². The number of rotatable bonds is 5. The minimum Gasteiger partial charge on any atom is -0.391 e. The van der Waals surface area contributed by atoms with Crippen molar-refractivity contribution in [3.63, 3.8) is 0 Å². The van der Waals surface area contributed by atoms with Crippen LogP contribution in [0.4, 0.5) is 0 Å². The maximum absolute atomic E-state index is 11.8. The molecule has 0 heterocycles. The first-order chi connectivity index (χ1) is 8.06. The van der Waals surface area contributed by atoms with E-state index in [1.165, 1.54) is 0 Å². The quantitative estimate of drug-likeness (QED) is 0.788. The lowest BCUT2D eigenvalue weighted by molar-refractivity contribution is -0.124. The van der Waals surface area contributed by atoms with Crippen molar-refractivity contribution in [2.24, 2.45) is 11.7 Å². The van der Waals surface area contributed by atoms with Crippen LogP contribution in [0.2, 0.25) is 0 Å². The minimum atomic E-state index is -0.382. The number of benzene rings is 1. The maximum Gasteiger partial charge on any atom is 0.223 e. The summed E-state index contributed by atoms with van der Waals surface area (Å²) in [6, 6.07) is 9.14. The van der Waals surface area contributed by atoms with E-state index >= 15 is 0 Å². The van der Waals surface area contributed by atoms with Gasteiger partial charge in [-0.25, -0.2) is 0 Å². The van der Waals surface area contributed by atoms with E-state index in [1.807, 2.05) is 44.2 Å². The predicted molar refractivity (Wildman–Crippen MR) is 73.6 cm³/mol. The van der Waals surface area contributed by atoms with E-state index in [-0.39, 0.29) is 22.9 Å². The van der Waals surface area contributed by atoms with Crippen LogP contribution < -0.4 is 11.1 Å². The van der Waals surface area contributed by atoms with E-state index < -0.39 is 0 Å². The van der Waals surface area contributed by atoms with Gasteiger partial charge < -0.3 is 11.1 Å². The number of nitrogens with two attached hydrogens (primary N) is 1. The predicted octanol–water partition coefficient (Wildman–Crippen LogP) is 2.18. The fourth-order valence-corrected chi connectivity index (χ4v) is 1.63. The Labute approximate surface area is 107 Å². The fraction of sp³-hybridized carbons (Fsp3) is 0.385. The summed E-state index contributed by atoms with van der Waals surface area (Å²) in [5.41, 5.74) is 6.59. The van der Waals surface area contributed by atoms with Gasteiger partial charge in [-0.1, -0.05) is 56.4 Å². The molecule has 0 aliphatic rings. The third kappa shape index (κ3) is 3.82. The molecule has 0 saturated heterocycles. The van der Waals surface area contributed by atoms with Gasteiger partial charge in [0.1, 0.15) is 11.0 Å². The topological polar surface area (TPSA) is 55.1 Å². The molecule has 17 heavy (non-hydrogen) atoms. The average molecular weight is 250 g/mol. The summed E-state index contributed by atoms with van der Waals surface area (Å²) in [7, 11) is 0. The Morgan fingerprint density at radius 1 is 1.41 bits per heavy atom. The Kier molecular flexibility index (Phi) is 5.10. The lowest BCUT2D eigenvalue weighted by Crippen LogP contribution is -2.39. The van der Waals surface area contributed by atoms with Gasteiger partial charge in [-0.3, -0.25) is 4.79 Å². The molecular formula is C13H18N2OS. The molecule has 2 atom stereocenters. The van der Waals surface area contributed by atoms with Gasteiger partial charge in [0.25, 0.3) is 0 Å². The Hall–Kier alpha value is -1.42. The fourth-order valence-electron chi connectivity index (χ4n) is 1.43. The summed E-state index contributed by atoms with van der Waals surface area (Å²) in [6.45, 7) is 3.86. The van der Waals surface area contributed by atoms with Crippen LogP contribution >= 0.6 is 12.2 Å². The third-order valence-electron chi connectivity index (χ3n) is 2.76. The van der Waals surface area contributed by atoms with Crippen molar-refractivity contribution in [2.45, 2.75) is 26.3 Å². The van der Waals surface area contributed by atoms with Crippen LogP contribution in [0.5, 0.6) is 0 Å². The minimum absolute atomic E-state index is 0.0193. The molecule has 0 bridgehead atoms. The van der Waals surface area contributed by atoms with Gasteiger partial charge in [0.05, 0.1) is 0 Å². The zero-order valence-electron chi connectivity index (χ0n) is 10.1. The number of hydrogen-bond donors (Lipinski definition) is 2. The Bertz CT molecular complexity index is 392. The molecule has 0 saturated carbocycles. The van der Waals surface area contributed by atoms with Crippen molar-refractivity contribution in [2.75, 3.05) is 0 Å². The first kappa shape index (κ1) is 13.6. The van der Waals surface area contributed by atoms with Crippen LogP contribution in [0.1, 0.15) is 31.9 Å². The van der Waals surface area contributed by atoms with E-state index in [2.05, 4.69) is 5.32 Å². The second-order valence-electron chi connectivity index (χ2n) is 4.06. The molecule has 1 amide bonds. The molecule has 1 aromatic carbocycles. The zero-order chi connectivity index (χ0) is 12.8. The van der Waals surface area contributed by atoms with Crippen LogP contribution in [0, 0.1) is 5.92 Å². The summed E-state index contributed by atoms with van der Waals surface area (Å²) in [6.07, 6.45) is 0.796. The smallest absolute Gasteiger partial charge is 0.223 e. The average Bonchev–Trinajstić information content (AvgIpc) is 2.35. The highest BCUT2D eigenvalue weighted by molar-refractivity contribution is 7.80. The van der Waals surface area contributed by atoms with Gasteiger partial charge in [-0.2, -0.15) is 0 Å². The molecule has 3 N–H and O–H groups in total. The number of hydrogen-bond acceptors (Lipinski definition) is 2. The molecule has 0 radical (unpaired) electrons. The first-order valence-corrected chi connectivity index (χ1v) is 6.11. The molecule has 2 unspecified atom stereocenters. The van der Waals surface area contributed by atoms with Crippen molar-refractivity contribution in [1.82, 2.24) is 5.32 Å². The number of carbonyl (C=O) groups is 1. The highest BCUT2D eigenvalue weighted by atomic mass is 32.1. The molecular weight excluding hydrogens is 232 g/mol. The van der Waals surface area contributed by atoms with Gasteiger partial charge in [-0.05, 0) is 12.0 Å². The summed E-state index contributed by atoms with van der Waals surface area (Å²) in [4.78, 5) is 12.1. The van der Waals surface area contributed by atoms with Gasteiger partial charge in [0.2, 0.25) is 5.91 Å². The number of thiocarbonyl (C=S) groups is 1.